The minimum Gasteiger partial charge on any atom is -0.311 e. The molecule has 0 saturated heterocycles. The van der Waals surface area contributed by atoms with E-state index in [-0.39, 0.29) is 39.2 Å². The fourth-order valence-electron chi connectivity index (χ4n) is 12.7. The molecule has 0 spiro atoms. The summed E-state index contributed by atoms with van der Waals surface area (Å²) >= 11 is 2.06. The third-order valence-corrected chi connectivity index (χ3v) is 20.9. The van der Waals surface area contributed by atoms with Crippen LogP contribution in [0.15, 0.2) is 109 Å². The first-order valence-electron chi connectivity index (χ1n) is 26.5. The van der Waals surface area contributed by atoms with Crippen molar-refractivity contribution in [2.24, 2.45) is 0 Å². The second-order valence-corrected chi connectivity index (χ2v) is 33.8. The van der Waals surface area contributed by atoms with E-state index in [2.05, 4.69) is 247 Å². The number of hydrogen-bond donors (Lipinski definition) is 0. The number of hydrogen-bond acceptors (Lipinski definition) is 3. The lowest BCUT2D eigenvalue weighted by atomic mass is 9.36. The van der Waals surface area contributed by atoms with Gasteiger partial charge in [-0.25, -0.2) is 0 Å². The van der Waals surface area contributed by atoms with Gasteiger partial charge in [-0.3, -0.25) is 0 Å². The van der Waals surface area contributed by atoms with Gasteiger partial charge in [-0.15, -0.1) is 11.3 Å². The van der Waals surface area contributed by atoms with Crippen LogP contribution in [-0.2, 0) is 32.5 Å². The third-order valence-electron chi connectivity index (χ3n) is 17.7. The molecular formula is C65H77BN2SSi. The summed E-state index contributed by atoms with van der Waals surface area (Å²) in [5.41, 5.74) is 22.2. The van der Waals surface area contributed by atoms with Gasteiger partial charge in [-0.2, -0.15) is 0 Å². The predicted molar refractivity (Wildman–Crippen MR) is 312 cm³/mol. The summed E-state index contributed by atoms with van der Waals surface area (Å²) in [6, 6.07) is 44.7. The second-order valence-electron chi connectivity index (χ2n) is 27.7. The van der Waals surface area contributed by atoms with Crippen molar-refractivity contribution in [1.29, 1.82) is 0 Å². The Balaban J connectivity index is 1.29. The Morgan fingerprint density at radius 3 is 1.57 bits per heavy atom. The van der Waals surface area contributed by atoms with E-state index in [0.29, 0.717) is 0 Å². The van der Waals surface area contributed by atoms with Gasteiger partial charge in [0.25, 0.3) is 6.71 Å². The molecule has 11 rings (SSSR count). The van der Waals surface area contributed by atoms with Gasteiger partial charge in [0.2, 0.25) is 0 Å². The summed E-state index contributed by atoms with van der Waals surface area (Å²) < 4.78 is 2.86. The van der Waals surface area contributed by atoms with Gasteiger partial charge in [0.05, 0.1) is 13.8 Å². The number of thiophene rings is 1. The fourth-order valence-corrected chi connectivity index (χ4v) is 15.2. The van der Waals surface area contributed by atoms with E-state index in [1.54, 1.807) is 0 Å². The van der Waals surface area contributed by atoms with Gasteiger partial charge in [0.1, 0.15) is 0 Å². The molecule has 3 heterocycles. The van der Waals surface area contributed by atoms with E-state index >= 15 is 0 Å². The SMILES string of the molecule is CC(C)(C)c1ccc(N2c3cc(C(C)(C)C)ccc3B3c4sc5cc6c(cc5c4N(c4ccc5c(c4)C(C)(C)CCC5(C)C)c4cc(-c5ccc([Si](C)(C)C)cc5)cc2c43)C(C)(C)CCC6(C)C)cc1. The predicted octanol–water partition coefficient (Wildman–Crippen LogP) is 16.5. The molecule has 0 fully saturated rings. The van der Waals surface area contributed by atoms with E-state index < -0.39 is 8.07 Å². The molecule has 70 heavy (non-hydrogen) atoms. The lowest BCUT2D eigenvalue weighted by Gasteiger charge is -2.45. The van der Waals surface area contributed by atoms with Crippen LogP contribution in [0.1, 0.15) is 156 Å². The van der Waals surface area contributed by atoms with Gasteiger partial charge < -0.3 is 9.80 Å². The van der Waals surface area contributed by atoms with Gasteiger partial charge in [-0.05, 0) is 168 Å². The van der Waals surface area contributed by atoms with Crippen LogP contribution in [0.2, 0.25) is 19.6 Å². The van der Waals surface area contributed by atoms with Gasteiger partial charge in [0.15, 0.2) is 0 Å². The molecule has 0 amide bonds. The van der Waals surface area contributed by atoms with Gasteiger partial charge in [0, 0.05) is 43.3 Å². The Labute approximate surface area is 427 Å². The number of benzene rings is 6. The first kappa shape index (κ1) is 47.5. The lowest BCUT2D eigenvalue weighted by Crippen LogP contribution is -2.60. The highest BCUT2D eigenvalue weighted by molar-refractivity contribution is 7.33. The monoisotopic (exact) mass is 957 g/mol. The van der Waals surface area contributed by atoms with Crippen LogP contribution in [0.5, 0.6) is 0 Å². The lowest BCUT2D eigenvalue weighted by molar-refractivity contribution is 0.332. The number of nitrogens with zero attached hydrogens (tertiary/aromatic N) is 2. The number of rotatable bonds is 4. The summed E-state index contributed by atoms with van der Waals surface area (Å²) in [6.07, 6.45) is 4.77. The van der Waals surface area contributed by atoms with Crippen molar-refractivity contribution in [2.45, 2.75) is 175 Å². The van der Waals surface area contributed by atoms with E-state index in [9.17, 15) is 0 Å². The largest absolute Gasteiger partial charge is 0.311 e. The summed E-state index contributed by atoms with van der Waals surface area (Å²) in [6.45, 7) is 41.3. The van der Waals surface area contributed by atoms with Crippen molar-refractivity contribution in [3.63, 3.8) is 0 Å². The van der Waals surface area contributed by atoms with Crippen LogP contribution in [0.4, 0.5) is 34.1 Å². The quantitative estimate of drug-likeness (QED) is 0.162. The molecule has 0 atom stereocenters. The van der Waals surface area contributed by atoms with Crippen LogP contribution >= 0.6 is 11.3 Å². The highest BCUT2D eigenvalue weighted by atomic mass is 32.1. The Morgan fingerprint density at radius 1 is 0.486 bits per heavy atom. The van der Waals surface area contributed by atoms with Crippen molar-refractivity contribution in [3.05, 3.63) is 143 Å². The van der Waals surface area contributed by atoms with Crippen LogP contribution in [0.3, 0.4) is 0 Å². The Hall–Kier alpha value is -4.84. The number of fused-ring (bicyclic) bond motifs is 8. The second kappa shape index (κ2) is 15.3. The highest BCUT2D eigenvalue weighted by Crippen LogP contribution is 2.55. The molecule has 4 aliphatic rings. The first-order valence-corrected chi connectivity index (χ1v) is 30.8. The zero-order valence-corrected chi connectivity index (χ0v) is 47.4. The maximum absolute atomic E-state index is 2.75. The van der Waals surface area contributed by atoms with Gasteiger partial charge >= 0.3 is 0 Å². The summed E-state index contributed by atoms with van der Waals surface area (Å²) in [4.78, 5) is 5.40. The van der Waals surface area contributed by atoms with Crippen molar-refractivity contribution < 1.29 is 0 Å². The normalized spacial score (nSPS) is 18.5. The van der Waals surface area contributed by atoms with Crippen molar-refractivity contribution in [2.75, 3.05) is 9.80 Å². The molecule has 0 saturated carbocycles. The minimum absolute atomic E-state index is 0.0260. The Bertz CT molecular complexity index is 3270. The summed E-state index contributed by atoms with van der Waals surface area (Å²) in [5, 5.41) is 2.89. The molecule has 0 radical (unpaired) electrons. The fraction of sp³-hybridized carbons (Fsp3) is 0.415. The topological polar surface area (TPSA) is 6.48 Å². The molecular weight excluding hydrogens is 880 g/mol. The summed E-state index contributed by atoms with van der Waals surface area (Å²) in [7, 11) is -1.53. The van der Waals surface area contributed by atoms with Crippen LogP contribution in [0, 0.1) is 0 Å². The summed E-state index contributed by atoms with van der Waals surface area (Å²) in [5.74, 6) is 0. The van der Waals surface area contributed by atoms with Crippen LogP contribution in [0.25, 0.3) is 21.2 Å². The van der Waals surface area contributed by atoms with Crippen LogP contribution < -0.4 is 30.7 Å². The first-order chi connectivity index (χ1) is 32.5. The minimum atomic E-state index is -1.53. The Kier molecular flexibility index (Phi) is 10.4. The van der Waals surface area contributed by atoms with Crippen molar-refractivity contribution in [1.82, 2.24) is 0 Å². The molecule has 0 bridgehead atoms. The zero-order chi connectivity index (χ0) is 50.0. The van der Waals surface area contributed by atoms with E-state index in [0.717, 1.165) is 0 Å². The molecule has 2 nitrogen and oxygen atoms in total. The van der Waals surface area contributed by atoms with Crippen molar-refractivity contribution >= 4 is 91.2 Å². The molecule has 0 N–H and O–H groups in total. The maximum atomic E-state index is 2.75. The molecule has 5 heteroatoms. The third kappa shape index (κ3) is 7.44. The molecule has 1 aromatic heterocycles. The van der Waals surface area contributed by atoms with Gasteiger partial charge in [-0.1, -0.05) is 176 Å². The smallest absolute Gasteiger partial charge is 0.264 e. The zero-order valence-electron chi connectivity index (χ0n) is 45.6. The Morgan fingerprint density at radius 2 is 1.00 bits per heavy atom. The average Bonchev–Trinajstić information content (AvgIpc) is 3.66. The van der Waals surface area contributed by atoms with Crippen molar-refractivity contribution in [3.8, 4) is 11.1 Å². The standard InChI is InChI=1S/C65H77BN2SSi/c1-60(2,3)42-20-23-44(24-21-42)67-53-36-43(61(4,5)6)22-29-52(53)66-57-54(67)34-41(40-18-26-46(27-19-40)70(15,16)17)35-55(57)68(45-25-28-48-49(37-45)63(9,10)31-30-62(48,7)8)58-47-38-50-51(39-56(47)69-59(58)66)65(13,14)33-32-64(50,11)12/h18-29,34-39H,30-33H2,1-17H3. The molecule has 7 aromatic rings. The molecule has 2 aliphatic carbocycles. The number of anilines is 6. The molecule has 2 aliphatic heterocycles. The highest BCUT2D eigenvalue weighted by Gasteiger charge is 2.48. The molecule has 360 valence electrons. The maximum Gasteiger partial charge on any atom is 0.264 e. The van der Waals surface area contributed by atoms with E-state index in [4.69, 9.17) is 0 Å². The van der Waals surface area contributed by atoms with Crippen LogP contribution in [-0.4, -0.2) is 14.8 Å². The molecule has 6 aromatic carbocycles. The van der Waals surface area contributed by atoms with E-state index in [1.807, 2.05) is 0 Å². The molecule has 0 unspecified atom stereocenters. The van der Waals surface area contributed by atoms with E-state index in [1.165, 1.54) is 135 Å². The average molecular weight is 957 g/mol.